The van der Waals surface area contributed by atoms with E-state index in [-0.39, 0.29) is 17.1 Å². The van der Waals surface area contributed by atoms with Gasteiger partial charge in [0.15, 0.2) is 0 Å². The SMILES string of the molecule is COC(=O)c1cnc(N2CCSc3ccccc3C2)c([N+](=O)[O-])c1. The first-order chi connectivity index (χ1) is 11.6. The van der Waals surface area contributed by atoms with Gasteiger partial charge in [-0.15, -0.1) is 11.8 Å². The van der Waals surface area contributed by atoms with E-state index in [0.717, 1.165) is 11.3 Å². The first kappa shape index (κ1) is 16.3. The summed E-state index contributed by atoms with van der Waals surface area (Å²) in [6, 6.07) is 9.21. The van der Waals surface area contributed by atoms with Gasteiger partial charge in [-0.1, -0.05) is 18.2 Å². The smallest absolute Gasteiger partial charge is 0.339 e. The number of ether oxygens (including phenoxy) is 1. The fourth-order valence-electron chi connectivity index (χ4n) is 2.56. The number of fused-ring (bicyclic) bond motifs is 1. The molecular weight excluding hydrogens is 330 g/mol. The summed E-state index contributed by atoms with van der Waals surface area (Å²) in [4.78, 5) is 29.7. The lowest BCUT2D eigenvalue weighted by molar-refractivity contribution is -0.384. The molecule has 124 valence electrons. The van der Waals surface area contributed by atoms with Crippen LogP contribution in [0.3, 0.4) is 0 Å². The molecule has 0 N–H and O–H groups in total. The molecular formula is C16H15N3O4S. The molecule has 3 rings (SSSR count). The maximum atomic E-state index is 11.6. The Bertz CT molecular complexity index is 797. The van der Waals surface area contributed by atoms with Gasteiger partial charge in [-0.3, -0.25) is 10.1 Å². The Morgan fingerprint density at radius 3 is 2.96 bits per heavy atom. The van der Waals surface area contributed by atoms with Gasteiger partial charge in [-0.05, 0) is 11.6 Å². The first-order valence-corrected chi connectivity index (χ1v) is 8.27. The normalized spacial score (nSPS) is 13.8. The average Bonchev–Trinajstić information content (AvgIpc) is 2.82. The van der Waals surface area contributed by atoms with Gasteiger partial charge < -0.3 is 9.64 Å². The first-order valence-electron chi connectivity index (χ1n) is 7.28. The number of carbonyl (C=O) groups excluding carboxylic acids is 1. The Kier molecular flexibility index (Phi) is 4.66. The molecule has 8 heteroatoms. The molecule has 0 unspecified atom stereocenters. The van der Waals surface area contributed by atoms with Crippen molar-refractivity contribution in [3.05, 3.63) is 57.8 Å². The van der Waals surface area contributed by atoms with Crippen molar-refractivity contribution >= 4 is 29.2 Å². The van der Waals surface area contributed by atoms with Crippen LogP contribution in [0.1, 0.15) is 15.9 Å². The van der Waals surface area contributed by atoms with Gasteiger partial charge in [0.2, 0.25) is 5.82 Å². The zero-order valence-electron chi connectivity index (χ0n) is 13.0. The second-order valence-corrected chi connectivity index (χ2v) is 6.33. The maximum Gasteiger partial charge on any atom is 0.339 e. The minimum Gasteiger partial charge on any atom is -0.465 e. The molecule has 1 aliphatic rings. The van der Waals surface area contributed by atoms with Crippen molar-refractivity contribution in [2.24, 2.45) is 0 Å². The van der Waals surface area contributed by atoms with Crippen LogP contribution in [0.25, 0.3) is 0 Å². The van der Waals surface area contributed by atoms with Crippen molar-refractivity contribution in [2.45, 2.75) is 11.4 Å². The van der Waals surface area contributed by atoms with E-state index < -0.39 is 10.9 Å². The van der Waals surface area contributed by atoms with Gasteiger partial charge >= 0.3 is 11.7 Å². The largest absolute Gasteiger partial charge is 0.465 e. The highest BCUT2D eigenvalue weighted by molar-refractivity contribution is 7.99. The van der Waals surface area contributed by atoms with Gasteiger partial charge in [0.25, 0.3) is 0 Å². The zero-order valence-corrected chi connectivity index (χ0v) is 13.8. The summed E-state index contributed by atoms with van der Waals surface area (Å²) < 4.78 is 4.60. The number of benzene rings is 1. The van der Waals surface area contributed by atoms with Gasteiger partial charge in [-0.25, -0.2) is 9.78 Å². The van der Waals surface area contributed by atoms with E-state index in [0.29, 0.717) is 13.1 Å². The standard InChI is InChI=1S/C16H15N3O4S/c1-23-16(20)12-8-13(19(21)22)15(17-9-12)18-6-7-24-14-5-3-2-4-11(14)10-18/h2-5,8-9H,6-7,10H2,1H3. The van der Waals surface area contributed by atoms with Crippen LogP contribution in [0.15, 0.2) is 41.4 Å². The fraction of sp³-hybridized carbons (Fsp3) is 0.250. The van der Waals surface area contributed by atoms with Gasteiger partial charge in [0.1, 0.15) is 0 Å². The number of hydrogen-bond donors (Lipinski definition) is 0. The lowest BCUT2D eigenvalue weighted by Gasteiger charge is -2.21. The number of nitrogens with zero attached hydrogens (tertiary/aromatic N) is 3. The molecule has 0 fully saturated rings. The van der Waals surface area contributed by atoms with Crippen LogP contribution in [0.4, 0.5) is 11.5 Å². The molecule has 7 nitrogen and oxygen atoms in total. The molecule has 0 radical (unpaired) electrons. The highest BCUT2D eigenvalue weighted by atomic mass is 32.2. The predicted molar refractivity (Wildman–Crippen MR) is 90.4 cm³/mol. The second-order valence-electron chi connectivity index (χ2n) is 5.19. The van der Waals surface area contributed by atoms with E-state index in [9.17, 15) is 14.9 Å². The Balaban J connectivity index is 1.99. The van der Waals surface area contributed by atoms with E-state index in [4.69, 9.17) is 0 Å². The molecule has 24 heavy (non-hydrogen) atoms. The second kappa shape index (κ2) is 6.88. The molecule has 2 aromatic rings. The predicted octanol–water partition coefficient (Wildman–Crippen LogP) is 2.89. The van der Waals surface area contributed by atoms with Gasteiger partial charge in [0, 0.05) is 36.0 Å². The Labute approximate surface area is 142 Å². The van der Waals surface area contributed by atoms with Crippen LogP contribution in [-0.4, -0.2) is 35.3 Å². The summed E-state index contributed by atoms with van der Waals surface area (Å²) in [5.41, 5.74) is 0.980. The third kappa shape index (κ3) is 3.18. The number of methoxy groups -OCH3 is 1. The number of anilines is 1. The molecule has 0 saturated carbocycles. The minimum atomic E-state index is -0.645. The van der Waals surface area contributed by atoms with Crippen molar-refractivity contribution in [3.8, 4) is 0 Å². The molecule has 0 aliphatic carbocycles. The lowest BCUT2D eigenvalue weighted by atomic mass is 10.2. The third-order valence-electron chi connectivity index (χ3n) is 3.72. The molecule has 1 aromatic heterocycles. The Hall–Kier alpha value is -2.61. The van der Waals surface area contributed by atoms with E-state index in [1.54, 1.807) is 11.8 Å². The number of pyridine rings is 1. The zero-order chi connectivity index (χ0) is 17.1. The van der Waals surface area contributed by atoms with Crippen molar-refractivity contribution in [1.29, 1.82) is 0 Å². The quantitative estimate of drug-likeness (QED) is 0.480. The summed E-state index contributed by atoms with van der Waals surface area (Å²) in [5.74, 6) is 0.424. The Morgan fingerprint density at radius 1 is 1.42 bits per heavy atom. The molecule has 0 amide bonds. The summed E-state index contributed by atoms with van der Waals surface area (Å²) in [5, 5.41) is 11.4. The molecule has 0 atom stereocenters. The lowest BCUT2D eigenvalue weighted by Crippen LogP contribution is -2.26. The van der Waals surface area contributed by atoms with Crippen LogP contribution in [0.2, 0.25) is 0 Å². The van der Waals surface area contributed by atoms with Gasteiger partial charge in [-0.2, -0.15) is 0 Å². The minimum absolute atomic E-state index is 0.0672. The van der Waals surface area contributed by atoms with Crippen LogP contribution in [-0.2, 0) is 11.3 Å². The van der Waals surface area contributed by atoms with Crippen LogP contribution < -0.4 is 4.90 Å². The molecule has 1 aromatic carbocycles. The van der Waals surface area contributed by atoms with E-state index >= 15 is 0 Å². The van der Waals surface area contributed by atoms with Crippen molar-refractivity contribution < 1.29 is 14.5 Å². The van der Waals surface area contributed by atoms with Gasteiger partial charge in [0.05, 0.1) is 17.6 Å². The fourth-order valence-corrected chi connectivity index (χ4v) is 3.58. The highest BCUT2D eigenvalue weighted by Crippen LogP contribution is 2.33. The van der Waals surface area contributed by atoms with Crippen LogP contribution in [0.5, 0.6) is 0 Å². The number of carbonyl (C=O) groups is 1. The van der Waals surface area contributed by atoms with Crippen LogP contribution in [0, 0.1) is 10.1 Å². The summed E-state index contributed by atoms with van der Waals surface area (Å²) in [7, 11) is 1.23. The van der Waals surface area contributed by atoms with Crippen molar-refractivity contribution in [1.82, 2.24) is 4.98 Å². The number of thioether (sulfide) groups is 1. The third-order valence-corrected chi connectivity index (χ3v) is 4.81. The summed E-state index contributed by atoms with van der Waals surface area (Å²) in [6.07, 6.45) is 1.32. The number of nitro groups is 1. The number of aromatic nitrogens is 1. The van der Waals surface area contributed by atoms with E-state index in [1.807, 2.05) is 29.2 Å². The van der Waals surface area contributed by atoms with Crippen molar-refractivity contribution in [2.75, 3.05) is 24.3 Å². The average molecular weight is 345 g/mol. The molecule has 0 bridgehead atoms. The van der Waals surface area contributed by atoms with Crippen LogP contribution >= 0.6 is 11.8 Å². The van der Waals surface area contributed by atoms with E-state index in [1.165, 1.54) is 24.3 Å². The summed E-state index contributed by atoms with van der Waals surface area (Å²) in [6.45, 7) is 1.17. The summed E-state index contributed by atoms with van der Waals surface area (Å²) >= 11 is 1.72. The van der Waals surface area contributed by atoms with Crippen molar-refractivity contribution in [3.63, 3.8) is 0 Å². The monoisotopic (exact) mass is 345 g/mol. The van der Waals surface area contributed by atoms with E-state index in [2.05, 4.69) is 9.72 Å². The number of rotatable bonds is 3. The topological polar surface area (TPSA) is 85.6 Å². The number of esters is 1. The highest BCUT2D eigenvalue weighted by Gasteiger charge is 2.25. The molecule has 0 saturated heterocycles. The molecule has 0 spiro atoms. The Morgan fingerprint density at radius 2 is 2.21 bits per heavy atom. The maximum absolute atomic E-state index is 11.6. The molecule has 1 aliphatic heterocycles. The number of hydrogen-bond acceptors (Lipinski definition) is 7. The molecule has 2 heterocycles.